The molecule has 0 saturated heterocycles. The zero-order valence-electron chi connectivity index (χ0n) is 14.9. The molecule has 1 aliphatic rings. The predicted molar refractivity (Wildman–Crippen MR) is 87.4 cm³/mol. The summed E-state index contributed by atoms with van der Waals surface area (Å²) < 4.78 is 0. The van der Waals surface area contributed by atoms with Gasteiger partial charge in [0.1, 0.15) is 0 Å². The second-order valence-electron chi connectivity index (χ2n) is 9.62. The van der Waals surface area contributed by atoms with Gasteiger partial charge in [-0.15, -0.1) is 0 Å². The molecule has 0 aliphatic heterocycles. The van der Waals surface area contributed by atoms with Gasteiger partial charge in [-0.25, -0.2) is 0 Å². The SMILES string of the molecule is CCC(C)(C)C1CCC(C(C)(C)CC(C)(C)C)CC1. The summed E-state index contributed by atoms with van der Waals surface area (Å²) in [5.41, 5.74) is 1.53. The van der Waals surface area contributed by atoms with E-state index in [9.17, 15) is 0 Å². The van der Waals surface area contributed by atoms with Gasteiger partial charge in [-0.05, 0) is 60.2 Å². The van der Waals surface area contributed by atoms with Crippen LogP contribution in [-0.2, 0) is 0 Å². The number of hydrogen-bond donors (Lipinski definition) is 0. The quantitative estimate of drug-likeness (QED) is 0.531. The van der Waals surface area contributed by atoms with Gasteiger partial charge in [0, 0.05) is 0 Å². The van der Waals surface area contributed by atoms with Crippen LogP contribution in [0.5, 0.6) is 0 Å². The van der Waals surface area contributed by atoms with Crippen molar-refractivity contribution in [2.75, 3.05) is 0 Å². The summed E-state index contributed by atoms with van der Waals surface area (Å²) in [7, 11) is 0. The molecule has 0 heteroatoms. The third-order valence-corrected chi connectivity index (χ3v) is 5.83. The predicted octanol–water partition coefficient (Wildman–Crippen LogP) is 6.69. The topological polar surface area (TPSA) is 0 Å². The van der Waals surface area contributed by atoms with Crippen molar-refractivity contribution >= 4 is 0 Å². The summed E-state index contributed by atoms with van der Waals surface area (Å²) in [5, 5.41) is 0. The van der Waals surface area contributed by atoms with Gasteiger partial charge in [0.15, 0.2) is 0 Å². The van der Waals surface area contributed by atoms with Gasteiger partial charge in [0.2, 0.25) is 0 Å². The molecule has 0 aromatic rings. The summed E-state index contributed by atoms with van der Waals surface area (Å²) in [4.78, 5) is 0. The van der Waals surface area contributed by atoms with Crippen LogP contribution in [0.3, 0.4) is 0 Å². The highest BCUT2D eigenvalue weighted by atomic mass is 14.4. The van der Waals surface area contributed by atoms with Crippen LogP contribution in [0, 0.1) is 28.1 Å². The molecular formula is C19H38. The van der Waals surface area contributed by atoms with E-state index >= 15 is 0 Å². The van der Waals surface area contributed by atoms with Crippen molar-refractivity contribution < 1.29 is 0 Å². The Morgan fingerprint density at radius 1 is 0.684 bits per heavy atom. The van der Waals surface area contributed by atoms with Crippen molar-refractivity contribution in [3.05, 3.63) is 0 Å². The van der Waals surface area contributed by atoms with E-state index in [0.717, 1.165) is 11.8 Å². The lowest BCUT2D eigenvalue weighted by Gasteiger charge is -2.45. The molecule has 0 nitrogen and oxygen atoms in total. The lowest BCUT2D eigenvalue weighted by Crippen LogP contribution is -2.35. The standard InChI is InChI=1S/C19H38/c1-9-18(5,6)15-10-12-16(13-11-15)19(7,8)14-17(2,3)4/h15-16H,9-14H2,1-8H3. The minimum absolute atomic E-state index is 0.461. The first-order valence-electron chi connectivity index (χ1n) is 8.48. The zero-order chi connectivity index (χ0) is 14.9. The van der Waals surface area contributed by atoms with E-state index in [2.05, 4.69) is 55.4 Å². The van der Waals surface area contributed by atoms with Crippen LogP contribution in [-0.4, -0.2) is 0 Å². The van der Waals surface area contributed by atoms with Gasteiger partial charge in [-0.2, -0.15) is 0 Å². The Bertz CT molecular complexity index is 269. The largest absolute Gasteiger partial charge is 0.0649 e. The van der Waals surface area contributed by atoms with E-state index in [0.29, 0.717) is 16.2 Å². The molecular weight excluding hydrogens is 228 g/mol. The van der Waals surface area contributed by atoms with Crippen LogP contribution < -0.4 is 0 Å². The molecule has 19 heavy (non-hydrogen) atoms. The Morgan fingerprint density at radius 3 is 1.37 bits per heavy atom. The molecule has 1 fully saturated rings. The molecule has 0 atom stereocenters. The highest BCUT2D eigenvalue weighted by Crippen LogP contribution is 2.49. The maximum Gasteiger partial charge on any atom is -0.0321 e. The first kappa shape index (κ1) is 17.1. The first-order valence-corrected chi connectivity index (χ1v) is 8.48. The summed E-state index contributed by atoms with van der Waals surface area (Å²) >= 11 is 0. The average molecular weight is 267 g/mol. The summed E-state index contributed by atoms with van der Waals surface area (Å²) in [6, 6.07) is 0. The highest BCUT2D eigenvalue weighted by molar-refractivity contribution is 4.89. The van der Waals surface area contributed by atoms with Crippen LogP contribution in [0.4, 0.5) is 0 Å². The number of hydrogen-bond acceptors (Lipinski definition) is 0. The molecule has 0 unspecified atom stereocenters. The van der Waals surface area contributed by atoms with E-state index in [-0.39, 0.29) is 0 Å². The molecule has 0 aromatic carbocycles. The molecule has 114 valence electrons. The van der Waals surface area contributed by atoms with Crippen molar-refractivity contribution in [2.24, 2.45) is 28.1 Å². The third-order valence-electron chi connectivity index (χ3n) is 5.83. The molecule has 1 saturated carbocycles. The summed E-state index contributed by atoms with van der Waals surface area (Å²) in [6.07, 6.45) is 8.51. The Morgan fingerprint density at radius 2 is 1.05 bits per heavy atom. The fraction of sp³-hybridized carbons (Fsp3) is 1.00. The first-order chi connectivity index (χ1) is 8.48. The second kappa shape index (κ2) is 5.78. The van der Waals surface area contributed by atoms with Crippen LogP contribution in [0.2, 0.25) is 0 Å². The van der Waals surface area contributed by atoms with Crippen LogP contribution in [0.25, 0.3) is 0 Å². The van der Waals surface area contributed by atoms with E-state index in [1.807, 2.05) is 0 Å². The molecule has 0 heterocycles. The molecule has 0 bridgehead atoms. The second-order valence-corrected chi connectivity index (χ2v) is 9.62. The van der Waals surface area contributed by atoms with E-state index in [4.69, 9.17) is 0 Å². The van der Waals surface area contributed by atoms with E-state index in [1.165, 1.54) is 38.5 Å². The molecule has 0 radical (unpaired) electrons. The van der Waals surface area contributed by atoms with Gasteiger partial charge >= 0.3 is 0 Å². The fourth-order valence-corrected chi connectivity index (χ4v) is 4.46. The highest BCUT2D eigenvalue weighted by Gasteiger charge is 2.38. The monoisotopic (exact) mass is 266 g/mol. The maximum absolute atomic E-state index is 2.51. The lowest BCUT2D eigenvalue weighted by atomic mass is 9.60. The molecule has 0 amide bonds. The Hall–Kier alpha value is 0. The third kappa shape index (κ3) is 4.80. The Balaban J connectivity index is 2.58. The van der Waals surface area contributed by atoms with Crippen molar-refractivity contribution in [3.63, 3.8) is 0 Å². The zero-order valence-corrected chi connectivity index (χ0v) is 14.9. The normalized spacial score (nSPS) is 26.5. The molecule has 0 spiro atoms. The van der Waals surface area contributed by atoms with Gasteiger partial charge in [0.25, 0.3) is 0 Å². The average Bonchev–Trinajstić information content (AvgIpc) is 2.26. The summed E-state index contributed by atoms with van der Waals surface area (Å²) in [5.74, 6) is 1.90. The van der Waals surface area contributed by atoms with Gasteiger partial charge in [-0.1, -0.05) is 61.8 Å². The van der Waals surface area contributed by atoms with Crippen molar-refractivity contribution in [3.8, 4) is 0 Å². The van der Waals surface area contributed by atoms with Gasteiger partial charge in [-0.3, -0.25) is 0 Å². The lowest BCUT2D eigenvalue weighted by molar-refractivity contribution is 0.0527. The van der Waals surface area contributed by atoms with E-state index < -0.39 is 0 Å². The van der Waals surface area contributed by atoms with Crippen LogP contribution in [0.1, 0.15) is 93.9 Å². The smallest absolute Gasteiger partial charge is 0.0321 e. The fourth-order valence-electron chi connectivity index (χ4n) is 4.46. The van der Waals surface area contributed by atoms with Crippen LogP contribution >= 0.6 is 0 Å². The van der Waals surface area contributed by atoms with Crippen LogP contribution in [0.15, 0.2) is 0 Å². The van der Waals surface area contributed by atoms with Gasteiger partial charge in [0.05, 0.1) is 0 Å². The van der Waals surface area contributed by atoms with Crippen molar-refractivity contribution in [2.45, 2.75) is 93.9 Å². The molecule has 1 aliphatic carbocycles. The summed E-state index contributed by atoms with van der Waals surface area (Å²) in [6.45, 7) is 19.5. The molecule has 0 aromatic heterocycles. The minimum Gasteiger partial charge on any atom is -0.0649 e. The number of rotatable bonds is 4. The Labute approximate surface area is 122 Å². The van der Waals surface area contributed by atoms with Crippen molar-refractivity contribution in [1.29, 1.82) is 0 Å². The molecule has 0 N–H and O–H groups in total. The maximum atomic E-state index is 2.51. The Kier molecular flexibility index (Phi) is 5.19. The molecule has 1 rings (SSSR count). The minimum atomic E-state index is 0.461. The van der Waals surface area contributed by atoms with Gasteiger partial charge < -0.3 is 0 Å². The van der Waals surface area contributed by atoms with E-state index in [1.54, 1.807) is 0 Å². The van der Waals surface area contributed by atoms with Crippen molar-refractivity contribution in [1.82, 2.24) is 0 Å².